The van der Waals surface area contributed by atoms with Crippen LogP contribution < -0.4 is 22.5 Å². The topological polar surface area (TPSA) is 243 Å². The predicted octanol–water partition coefficient (Wildman–Crippen LogP) is 16.3. The normalized spacial score (nSPS) is 18.4. The first-order valence-corrected chi connectivity index (χ1v) is 37.7. The molecule has 6 aromatic carbocycles. The second kappa shape index (κ2) is 29.7. The molecule has 4 fully saturated rings. The number of imidazole rings is 3. The van der Waals surface area contributed by atoms with E-state index in [0.29, 0.717) is 47.5 Å². The number of carbonyl (C=O) groups excluding carboxylic acids is 1. The van der Waals surface area contributed by atoms with Crippen LogP contribution in [0.4, 0.5) is 17.5 Å². The molecule has 19 rings (SSSR count). The van der Waals surface area contributed by atoms with Gasteiger partial charge < -0.3 is 37.1 Å². The van der Waals surface area contributed by atoms with Gasteiger partial charge >= 0.3 is 0 Å². The smallest absolute Gasteiger partial charge is 0.150 e. The van der Waals surface area contributed by atoms with E-state index in [9.17, 15) is 4.79 Å². The molecule has 7 N–H and O–H groups in total. The molecular formula is C88H88N18O. The molecule has 19 heteroatoms. The predicted molar refractivity (Wildman–Crippen MR) is 430 cm³/mol. The molecule has 3 saturated carbocycles. The lowest BCUT2D eigenvalue weighted by Gasteiger charge is -2.41. The maximum atomic E-state index is 11.1. The summed E-state index contributed by atoms with van der Waals surface area (Å²) in [5, 5.41) is 6.80. The Morgan fingerprint density at radius 2 is 0.813 bits per heavy atom. The van der Waals surface area contributed by atoms with Crippen molar-refractivity contribution in [2.75, 3.05) is 70.6 Å². The van der Waals surface area contributed by atoms with Crippen molar-refractivity contribution in [3.05, 3.63) is 237 Å². The molecule has 1 saturated heterocycles. The first kappa shape index (κ1) is 68.5. The number of hydrogen-bond acceptors (Lipinski definition) is 16. The largest absolute Gasteiger partial charge is 0.382 e. The summed E-state index contributed by atoms with van der Waals surface area (Å²) in [6.07, 6.45) is 21.0. The van der Waals surface area contributed by atoms with E-state index in [1.54, 1.807) is 25.5 Å². The molecule has 19 nitrogen and oxygen atoms in total. The molecule has 4 aliphatic rings. The lowest BCUT2D eigenvalue weighted by atomic mass is 9.74. The first-order chi connectivity index (χ1) is 52.4. The number of likely N-dealkylation sites (tertiary alicyclic amines) is 1. The number of nitrogens with two attached hydrogens (primary N) is 3. The van der Waals surface area contributed by atoms with Crippen molar-refractivity contribution in [2.24, 2.45) is 17.8 Å². The molecule has 10 heterocycles. The fourth-order valence-electron chi connectivity index (χ4n) is 16.4. The van der Waals surface area contributed by atoms with Crippen LogP contribution >= 0.6 is 0 Å². The molecule has 1 aliphatic heterocycles. The highest BCUT2D eigenvalue weighted by molar-refractivity contribution is 5.95. The number of hydrogen-bond donors (Lipinski definition) is 4. The van der Waals surface area contributed by atoms with Crippen molar-refractivity contribution in [3.63, 3.8) is 0 Å². The molecule has 0 unspecified atom stereocenters. The van der Waals surface area contributed by atoms with E-state index in [1.165, 1.54) is 38.9 Å². The summed E-state index contributed by atoms with van der Waals surface area (Å²) in [5.41, 5.74) is 36.5. The Bertz CT molecular complexity index is 5740. The fourth-order valence-corrected chi connectivity index (χ4v) is 16.4. The molecule has 107 heavy (non-hydrogen) atoms. The lowest BCUT2D eigenvalue weighted by molar-refractivity contribution is -0.117. The van der Waals surface area contributed by atoms with Crippen molar-refractivity contribution in [1.82, 2.24) is 73.2 Å². The lowest BCUT2D eigenvalue weighted by Crippen LogP contribution is -2.43. The number of Topliss-reactive ketones (excluding diaryl/α,β-unsaturated/α-hetero) is 1. The summed E-state index contributed by atoms with van der Waals surface area (Å²) in [5.74, 6) is 8.39. The number of nitrogens with one attached hydrogen (secondary N) is 1. The number of nitrogen functional groups attached to an aromatic ring is 3. The van der Waals surface area contributed by atoms with Crippen molar-refractivity contribution >= 4 is 72.5 Å². The number of nitrogens with zero attached hydrogens (tertiary/aromatic N) is 14. The molecule has 536 valence electrons. The molecule has 0 amide bonds. The Labute approximate surface area is 622 Å². The number of pyridine rings is 3. The minimum atomic E-state index is 0.255. The maximum absolute atomic E-state index is 11.1. The quantitative estimate of drug-likeness (QED) is 0.0550. The highest BCUT2D eigenvalue weighted by atomic mass is 16.1. The van der Waals surface area contributed by atoms with Gasteiger partial charge in [-0.15, -0.1) is 0 Å². The minimum absolute atomic E-state index is 0.255. The molecule has 0 bridgehead atoms. The summed E-state index contributed by atoms with van der Waals surface area (Å²) in [6, 6.07) is 62.4. The van der Waals surface area contributed by atoms with Crippen LogP contribution in [0.3, 0.4) is 0 Å². The van der Waals surface area contributed by atoms with E-state index in [-0.39, 0.29) is 5.78 Å². The van der Waals surface area contributed by atoms with E-state index >= 15 is 0 Å². The van der Waals surface area contributed by atoms with Crippen LogP contribution in [0.1, 0.15) is 99.9 Å². The minimum Gasteiger partial charge on any atom is -0.382 e. The van der Waals surface area contributed by atoms with Gasteiger partial charge in [-0.05, 0) is 153 Å². The summed E-state index contributed by atoms with van der Waals surface area (Å²) in [6.45, 7) is 8.41. The molecule has 9 aromatic heterocycles. The van der Waals surface area contributed by atoms with Gasteiger partial charge in [0, 0.05) is 124 Å². The molecular weight excluding hydrogens is 1330 g/mol. The number of carbonyl (C=O) groups is 1. The molecule has 15 aromatic rings. The Hall–Kier alpha value is -11.6. The van der Waals surface area contributed by atoms with E-state index in [1.807, 2.05) is 73.2 Å². The average molecular weight is 1410 g/mol. The van der Waals surface area contributed by atoms with Gasteiger partial charge in [-0.1, -0.05) is 146 Å². The van der Waals surface area contributed by atoms with Crippen molar-refractivity contribution in [3.8, 4) is 67.5 Å². The molecule has 0 radical (unpaired) electrons. The summed E-state index contributed by atoms with van der Waals surface area (Å²) in [7, 11) is 4.28. The van der Waals surface area contributed by atoms with E-state index in [4.69, 9.17) is 47.1 Å². The van der Waals surface area contributed by atoms with Crippen molar-refractivity contribution in [2.45, 2.75) is 82.5 Å². The van der Waals surface area contributed by atoms with Gasteiger partial charge in [0.25, 0.3) is 0 Å². The second-order valence-electron chi connectivity index (χ2n) is 30.0. The monoisotopic (exact) mass is 1410 g/mol. The third-order valence-corrected chi connectivity index (χ3v) is 22.1. The van der Waals surface area contributed by atoms with E-state index < -0.39 is 0 Å². The van der Waals surface area contributed by atoms with Gasteiger partial charge in [0.05, 0.1) is 33.6 Å². The van der Waals surface area contributed by atoms with Crippen molar-refractivity contribution in [1.29, 1.82) is 0 Å². The maximum Gasteiger partial charge on any atom is 0.150 e. The molecule has 0 atom stereocenters. The van der Waals surface area contributed by atoms with Crippen molar-refractivity contribution < 1.29 is 4.79 Å². The highest BCUT2D eigenvalue weighted by Gasteiger charge is 2.38. The average Bonchev–Trinajstić information content (AvgIpc) is 1.61. The Balaban J connectivity index is 0.000000118. The number of anilines is 3. The first-order valence-electron chi connectivity index (χ1n) is 37.7. The number of aromatic nitrogens is 12. The van der Waals surface area contributed by atoms with Gasteiger partial charge in [-0.3, -0.25) is 13.2 Å². The number of benzene rings is 6. The van der Waals surface area contributed by atoms with E-state index in [0.717, 1.165) is 198 Å². The van der Waals surface area contributed by atoms with Crippen LogP contribution in [0, 0.1) is 17.8 Å². The van der Waals surface area contributed by atoms with Crippen LogP contribution in [0.15, 0.2) is 219 Å². The fraction of sp³-hybridized carbons (Fsp3) is 0.273. The van der Waals surface area contributed by atoms with Gasteiger partial charge in [-0.25, -0.2) is 44.9 Å². The molecule has 3 aliphatic carbocycles. The number of rotatable bonds is 19. The van der Waals surface area contributed by atoms with Gasteiger partial charge in [0.1, 0.15) is 74.3 Å². The second-order valence-corrected chi connectivity index (χ2v) is 30.0. The van der Waals surface area contributed by atoms with Crippen LogP contribution in [0.2, 0.25) is 0 Å². The summed E-state index contributed by atoms with van der Waals surface area (Å²) < 4.78 is 6.43. The van der Waals surface area contributed by atoms with Gasteiger partial charge in [0.2, 0.25) is 0 Å². The Morgan fingerprint density at radius 3 is 1.17 bits per heavy atom. The Kier molecular flexibility index (Phi) is 19.0. The van der Waals surface area contributed by atoms with Crippen LogP contribution in [-0.2, 0) is 4.79 Å². The standard InChI is InChI=1S/C31H32N6O.C29H28N6.C28H28N6/c1-20(38)6-5-13-33-19-21-16-25(17-21)31-36-28(29-30(32)34-14-15-37(29)31)24-10-9-23-11-12-26(35-27(23)18-24)22-7-3-2-4-8-22;30-28-27-26(22-8-7-21-9-10-24(32-25(21)17-22)20-5-2-1-3-6-20)33-29(35(27)14-11-31-28)23-15-19(16-23)18-34-12-4-13-34;1-33(2)17-18-14-22(15-18)28-32-25(26-27(29)30-12-13-34(26)28)21-9-8-20-10-11-23(31-24(20)16-21)19-6-4-3-5-7-19/h2-4,7-12,14-15,18,21,25,33H,5-6,13,16-17,19H2,1H3,(H2,32,34);1-3,5-11,14,17,19,23H,4,12-13,15-16,18H2,(H2,30,31);3-13,16,18,22H,14-15,17H2,1-2H3,(H2,29,30). The highest BCUT2D eigenvalue weighted by Crippen LogP contribution is 2.47. The SMILES string of the molecule is CC(=O)CCCNCC1CC(c2nc(-c3ccc4ccc(-c5ccccc5)nc4c3)c3c(N)nccn23)C1.CN(C)CC1CC(c2nc(-c3ccc4ccc(-c5ccccc5)nc4c3)c3c(N)nccn23)C1.Nc1nccn2c(C3CC(CN4CCC4)C3)nc(-c3ccc4ccc(-c5ccccc5)nc4c3)c12. The zero-order valence-electron chi connectivity index (χ0n) is 60.8. The molecule has 0 spiro atoms. The van der Waals surface area contributed by atoms with Gasteiger partial charge in [0.15, 0.2) is 0 Å². The third kappa shape index (κ3) is 14.2. The zero-order valence-corrected chi connectivity index (χ0v) is 60.8. The number of ketones is 1. The third-order valence-electron chi connectivity index (χ3n) is 22.1. The summed E-state index contributed by atoms with van der Waals surface area (Å²) >= 11 is 0. The summed E-state index contributed by atoms with van der Waals surface area (Å²) in [4.78, 5) is 59.5. The van der Waals surface area contributed by atoms with Gasteiger partial charge in [-0.2, -0.15) is 0 Å². The van der Waals surface area contributed by atoms with Crippen LogP contribution in [-0.4, -0.2) is 127 Å². The van der Waals surface area contributed by atoms with Crippen LogP contribution in [0.25, 0.3) is 117 Å². The Morgan fingerprint density at radius 1 is 0.449 bits per heavy atom. The van der Waals surface area contributed by atoms with E-state index in [2.05, 4.69) is 185 Å². The zero-order chi connectivity index (χ0) is 72.7. The van der Waals surface area contributed by atoms with Crippen LogP contribution in [0.5, 0.6) is 0 Å². The number of fused-ring (bicyclic) bond motifs is 6.